The molecule has 2 heterocycles. The number of hydrogen-bond acceptors (Lipinski definition) is 8. The van der Waals surface area contributed by atoms with Crippen molar-refractivity contribution in [3.05, 3.63) is 47.2 Å². The van der Waals surface area contributed by atoms with Crippen LogP contribution in [0, 0.1) is 0 Å². The number of fused-ring (bicyclic) bond motifs is 1. The van der Waals surface area contributed by atoms with Gasteiger partial charge in [0.05, 0.1) is 10.9 Å². The maximum absolute atomic E-state index is 12.7. The molecule has 2 aromatic heterocycles. The second kappa shape index (κ2) is 8.95. The third-order valence-electron chi connectivity index (χ3n) is 4.35. The smallest absolute Gasteiger partial charge is 0.352 e. The van der Waals surface area contributed by atoms with Crippen molar-refractivity contribution in [1.82, 2.24) is 14.5 Å². The largest absolute Gasteiger partial charge is 0.363 e. The van der Waals surface area contributed by atoms with Gasteiger partial charge in [0.25, 0.3) is 17.6 Å². The van der Waals surface area contributed by atoms with Crippen molar-refractivity contribution in [3.63, 3.8) is 0 Å². The highest BCUT2D eigenvalue weighted by atomic mass is 32.2. The summed E-state index contributed by atoms with van der Waals surface area (Å²) >= 11 is 1.25. The summed E-state index contributed by atoms with van der Waals surface area (Å²) in [5.74, 6) is -2.84. The summed E-state index contributed by atoms with van der Waals surface area (Å²) in [5.41, 5.74) is 7.25. The molecular formula is C20H20N4O5S. The summed E-state index contributed by atoms with van der Waals surface area (Å²) in [4.78, 5) is 54.3. The van der Waals surface area contributed by atoms with Gasteiger partial charge in [-0.25, -0.2) is 14.7 Å². The van der Waals surface area contributed by atoms with E-state index in [-0.39, 0.29) is 16.8 Å². The third-order valence-corrected chi connectivity index (χ3v) is 4.89. The zero-order valence-corrected chi connectivity index (χ0v) is 17.5. The summed E-state index contributed by atoms with van der Waals surface area (Å²) in [6.07, 6.45) is 2.19. The monoisotopic (exact) mass is 428 g/mol. The van der Waals surface area contributed by atoms with E-state index in [1.807, 2.05) is 41.8 Å². The number of nitrogens with zero attached hydrogens (tertiary/aromatic N) is 3. The number of ketones is 1. The summed E-state index contributed by atoms with van der Waals surface area (Å²) in [6.45, 7) is 3.41. The van der Waals surface area contributed by atoms with Gasteiger partial charge in [-0.2, -0.15) is 4.98 Å². The number of nitrogens with two attached hydrogens (primary N) is 1. The fourth-order valence-electron chi connectivity index (χ4n) is 3.15. The Labute approximate surface area is 176 Å². The molecule has 0 aliphatic carbocycles. The second-order valence-electron chi connectivity index (χ2n) is 6.31. The number of Topliss-reactive ketones (excluding diaryl/α,β-unsaturated/α-hetero) is 1. The lowest BCUT2D eigenvalue weighted by Gasteiger charge is -2.10. The maximum Gasteiger partial charge on any atom is 0.352 e. The van der Waals surface area contributed by atoms with Gasteiger partial charge in [-0.15, -0.1) is 0 Å². The van der Waals surface area contributed by atoms with Gasteiger partial charge in [0.1, 0.15) is 5.65 Å². The Morgan fingerprint density at radius 1 is 1.17 bits per heavy atom. The highest BCUT2D eigenvalue weighted by Crippen LogP contribution is 2.34. The number of hydrogen-bond donors (Lipinski definition) is 1. The highest BCUT2D eigenvalue weighted by Gasteiger charge is 2.30. The van der Waals surface area contributed by atoms with Crippen LogP contribution < -0.4 is 10.6 Å². The summed E-state index contributed by atoms with van der Waals surface area (Å²) in [7, 11) is 0. The Morgan fingerprint density at radius 2 is 1.87 bits per heavy atom. The molecule has 10 heteroatoms. The maximum atomic E-state index is 12.7. The Hall–Kier alpha value is -3.40. The lowest BCUT2D eigenvalue weighted by Crippen LogP contribution is -2.24. The SMILES string of the molecule is CCc1c(C(=O)C(N)=O)c2c(OOC(C)=O)nc(SC)nc2n1Cc1ccccc1. The number of carbonyl (C=O) groups excluding carboxylic acids is 3. The Kier molecular flexibility index (Phi) is 6.36. The standard InChI is InChI=1S/C20H20N4O5S/c1-4-13-14(16(26)17(21)27)15-18(24(13)10-12-8-6-5-7-9-12)22-20(30-3)23-19(15)29-28-11(2)25/h5-9H,4,10H2,1-3H3,(H2,21,27). The predicted molar refractivity (Wildman–Crippen MR) is 110 cm³/mol. The number of thioether (sulfide) groups is 1. The molecule has 0 bridgehead atoms. The molecule has 156 valence electrons. The first-order valence-electron chi connectivity index (χ1n) is 9.07. The van der Waals surface area contributed by atoms with Crippen LogP contribution in [0.2, 0.25) is 0 Å². The van der Waals surface area contributed by atoms with Crippen molar-refractivity contribution >= 4 is 40.5 Å². The van der Waals surface area contributed by atoms with Gasteiger partial charge in [0.2, 0.25) is 0 Å². The van der Waals surface area contributed by atoms with Crippen LogP contribution in [0.25, 0.3) is 11.0 Å². The van der Waals surface area contributed by atoms with Crippen LogP contribution in [0.15, 0.2) is 35.5 Å². The van der Waals surface area contributed by atoms with Crippen LogP contribution in [0.1, 0.15) is 35.5 Å². The molecule has 0 radical (unpaired) electrons. The molecule has 3 rings (SSSR count). The van der Waals surface area contributed by atoms with Crippen LogP contribution >= 0.6 is 11.8 Å². The van der Waals surface area contributed by atoms with Gasteiger partial charge in [0, 0.05) is 19.2 Å². The molecule has 0 spiro atoms. The number of amides is 1. The average molecular weight is 428 g/mol. The van der Waals surface area contributed by atoms with Crippen LogP contribution in [0.5, 0.6) is 5.88 Å². The molecule has 2 N–H and O–H groups in total. The van der Waals surface area contributed by atoms with Gasteiger partial charge < -0.3 is 10.3 Å². The van der Waals surface area contributed by atoms with E-state index < -0.39 is 17.7 Å². The van der Waals surface area contributed by atoms with Crippen molar-refractivity contribution in [2.24, 2.45) is 5.73 Å². The first kappa shape index (κ1) is 21.3. The Morgan fingerprint density at radius 3 is 2.43 bits per heavy atom. The van der Waals surface area contributed by atoms with Gasteiger partial charge in [-0.3, -0.25) is 14.5 Å². The van der Waals surface area contributed by atoms with Crippen molar-refractivity contribution in [2.75, 3.05) is 6.26 Å². The molecule has 0 aliphatic rings. The fraction of sp³-hybridized carbons (Fsp3) is 0.250. The number of primary amides is 1. The minimum absolute atomic E-state index is 0.0470. The first-order valence-corrected chi connectivity index (χ1v) is 10.3. The van der Waals surface area contributed by atoms with Crippen LogP contribution in [0.3, 0.4) is 0 Å². The minimum atomic E-state index is -1.11. The predicted octanol–water partition coefficient (Wildman–Crippen LogP) is 2.29. The molecule has 0 atom stereocenters. The van der Waals surface area contributed by atoms with Crippen molar-refractivity contribution in [3.8, 4) is 5.88 Å². The molecule has 30 heavy (non-hydrogen) atoms. The van der Waals surface area contributed by atoms with Crippen molar-refractivity contribution in [1.29, 1.82) is 0 Å². The van der Waals surface area contributed by atoms with E-state index >= 15 is 0 Å². The van der Waals surface area contributed by atoms with E-state index in [4.69, 9.17) is 10.6 Å². The van der Waals surface area contributed by atoms with E-state index in [2.05, 4.69) is 14.9 Å². The van der Waals surface area contributed by atoms with E-state index in [0.717, 1.165) is 5.56 Å². The van der Waals surface area contributed by atoms with Gasteiger partial charge in [-0.1, -0.05) is 49.0 Å². The number of rotatable bonds is 8. The normalized spacial score (nSPS) is 10.8. The minimum Gasteiger partial charge on any atom is -0.363 e. The quantitative estimate of drug-likeness (QED) is 0.145. The van der Waals surface area contributed by atoms with E-state index in [1.54, 1.807) is 6.26 Å². The molecule has 9 nitrogen and oxygen atoms in total. The highest BCUT2D eigenvalue weighted by molar-refractivity contribution is 7.98. The molecule has 3 aromatic rings. The van der Waals surface area contributed by atoms with Crippen LogP contribution in [-0.4, -0.2) is 38.5 Å². The van der Waals surface area contributed by atoms with Gasteiger partial charge in [0.15, 0.2) is 5.16 Å². The second-order valence-corrected chi connectivity index (χ2v) is 7.09. The number of carbonyl (C=O) groups is 3. The van der Waals surface area contributed by atoms with Gasteiger partial charge >= 0.3 is 5.97 Å². The molecule has 1 aromatic carbocycles. The topological polar surface area (TPSA) is 126 Å². The van der Waals surface area contributed by atoms with Gasteiger partial charge in [-0.05, 0) is 18.2 Å². The van der Waals surface area contributed by atoms with E-state index in [9.17, 15) is 14.4 Å². The zero-order valence-electron chi connectivity index (χ0n) is 16.7. The Balaban J connectivity index is 2.35. The zero-order chi connectivity index (χ0) is 21.8. The van der Waals surface area contributed by atoms with Crippen LogP contribution in [-0.2, 0) is 27.4 Å². The van der Waals surface area contributed by atoms with E-state index in [0.29, 0.717) is 29.5 Å². The number of benzene rings is 1. The van der Waals surface area contributed by atoms with Crippen molar-refractivity contribution < 1.29 is 24.2 Å². The Bertz CT molecular complexity index is 1130. The molecule has 0 unspecified atom stereocenters. The number of aromatic nitrogens is 3. The molecular weight excluding hydrogens is 408 g/mol. The lowest BCUT2D eigenvalue weighted by atomic mass is 10.1. The third kappa shape index (κ3) is 4.13. The molecule has 0 fully saturated rings. The summed E-state index contributed by atoms with van der Waals surface area (Å²) < 4.78 is 1.82. The summed E-state index contributed by atoms with van der Waals surface area (Å²) in [5, 5.41) is 0.517. The molecule has 0 aliphatic heterocycles. The molecule has 1 amide bonds. The van der Waals surface area contributed by atoms with Crippen LogP contribution in [0.4, 0.5) is 0 Å². The fourth-order valence-corrected chi connectivity index (χ4v) is 3.50. The summed E-state index contributed by atoms with van der Waals surface area (Å²) in [6, 6.07) is 9.58. The first-order chi connectivity index (χ1) is 14.4. The molecule has 0 saturated heterocycles. The van der Waals surface area contributed by atoms with E-state index in [1.165, 1.54) is 18.7 Å². The van der Waals surface area contributed by atoms with Crippen molar-refractivity contribution in [2.45, 2.75) is 32.0 Å². The average Bonchev–Trinajstić information content (AvgIpc) is 3.05. The lowest BCUT2D eigenvalue weighted by molar-refractivity contribution is -0.212. The molecule has 0 saturated carbocycles.